The average molecular weight is 373 g/mol. The van der Waals surface area contributed by atoms with E-state index in [2.05, 4.69) is 24.0 Å². The lowest BCUT2D eigenvalue weighted by Crippen LogP contribution is -2.37. The maximum atomic E-state index is 12.9. The highest BCUT2D eigenvalue weighted by Crippen LogP contribution is 2.33. The van der Waals surface area contributed by atoms with Crippen molar-refractivity contribution in [3.8, 4) is 6.07 Å². The zero-order valence-electron chi connectivity index (χ0n) is 15.3. The van der Waals surface area contributed by atoms with E-state index >= 15 is 0 Å². The minimum Gasteiger partial charge on any atom is -0.308 e. The van der Waals surface area contributed by atoms with Crippen LogP contribution in [0.25, 0.3) is 10.9 Å². The van der Waals surface area contributed by atoms with Gasteiger partial charge in [0.05, 0.1) is 16.8 Å². The monoisotopic (exact) mass is 373 g/mol. The Balaban J connectivity index is 1.58. The number of amides is 1. The molecule has 1 amide bonds. The van der Waals surface area contributed by atoms with Gasteiger partial charge in [-0.1, -0.05) is 42.1 Å². The first-order valence-electron chi connectivity index (χ1n) is 8.91. The van der Waals surface area contributed by atoms with E-state index in [4.69, 9.17) is 0 Å². The smallest absolute Gasteiger partial charge is 0.237 e. The van der Waals surface area contributed by atoms with Gasteiger partial charge in [0.15, 0.2) is 0 Å². The topological polar surface area (TPSA) is 57.0 Å². The van der Waals surface area contributed by atoms with Gasteiger partial charge >= 0.3 is 0 Å². The number of rotatable bonds is 3. The Kier molecular flexibility index (Phi) is 4.59. The minimum absolute atomic E-state index is 0.0486. The van der Waals surface area contributed by atoms with E-state index < -0.39 is 0 Å². The van der Waals surface area contributed by atoms with Crippen LogP contribution < -0.4 is 4.90 Å². The Hall–Kier alpha value is -2.84. The normalized spacial score (nSPS) is 15.6. The van der Waals surface area contributed by atoms with E-state index in [1.807, 2.05) is 54.3 Å². The molecule has 2 aromatic carbocycles. The van der Waals surface area contributed by atoms with Crippen LogP contribution in [0.2, 0.25) is 0 Å². The van der Waals surface area contributed by atoms with Crippen molar-refractivity contribution in [3.63, 3.8) is 0 Å². The van der Waals surface area contributed by atoms with Crippen molar-refractivity contribution in [2.75, 3.05) is 10.7 Å². The quantitative estimate of drug-likeness (QED) is 0.635. The number of carbonyl (C=O) groups is 1. The molecule has 0 unspecified atom stereocenters. The number of nitriles is 1. The summed E-state index contributed by atoms with van der Waals surface area (Å²) in [5, 5.41) is 11.0. The molecule has 0 fully saturated rings. The highest BCUT2D eigenvalue weighted by molar-refractivity contribution is 8.00. The van der Waals surface area contributed by atoms with E-state index in [0.717, 1.165) is 28.6 Å². The van der Waals surface area contributed by atoms with Gasteiger partial charge in [-0.2, -0.15) is 5.26 Å². The number of hydrogen-bond donors (Lipinski definition) is 0. The van der Waals surface area contributed by atoms with Crippen LogP contribution in [0.3, 0.4) is 0 Å². The fraction of sp³-hybridized carbons (Fsp3) is 0.227. The highest BCUT2D eigenvalue weighted by atomic mass is 32.2. The van der Waals surface area contributed by atoms with Crippen molar-refractivity contribution in [2.45, 2.75) is 31.3 Å². The first-order chi connectivity index (χ1) is 13.1. The second kappa shape index (κ2) is 7.05. The van der Waals surface area contributed by atoms with Gasteiger partial charge in [-0.25, -0.2) is 4.98 Å². The largest absolute Gasteiger partial charge is 0.308 e. The summed E-state index contributed by atoms with van der Waals surface area (Å²) in [6.45, 7) is 4.09. The molecule has 1 aliphatic rings. The molecule has 4 rings (SSSR count). The lowest BCUT2D eigenvalue weighted by molar-refractivity contribution is -0.116. The van der Waals surface area contributed by atoms with E-state index in [0.29, 0.717) is 10.6 Å². The number of anilines is 1. The van der Waals surface area contributed by atoms with Crippen molar-refractivity contribution in [3.05, 3.63) is 65.2 Å². The molecular weight excluding hydrogens is 354 g/mol. The van der Waals surface area contributed by atoms with Gasteiger partial charge < -0.3 is 4.90 Å². The maximum absolute atomic E-state index is 12.9. The molecule has 1 atom stereocenters. The van der Waals surface area contributed by atoms with Crippen molar-refractivity contribution in [2.24, 2.45) is 0 Å². The molecule has 0 radical (unpaired) electrons. The second-order valence-corrected chi connectivity index (χ2v) is 7.85. The van der Waals surface area contributed by atoms with Crippen molar-refractivity contribution >= 4 is 34.3 Å². The van der Waals surface area contributed by atoms with E-state index in [9.17, 15) is 10.1 Å². The summed E-state index contributed by atoms with van der Waals surface area (Å²) in [7, 11) is 0. The van der Waals surface area contributed by atoms with Crippen molar-refractivity contribution in [1.29, 1.82) is 5.26 Å². The van der Waals surface area contributed by atoms with Crippen LogP contribution in [0.5, 0.6) is 0 Å². The molecule has 0 saturated heterocycles. The van der Waals surface area contributed by atoms with Gasteiger partial charge in [0.2, 0.25) is 5.91 Å². The average Bonchev–Trinajstić information content (AvgIpc) is 3.01. The molecule has 4 nitrogen and oxygen atoms in total. The number of pyridine rings is 1. The standard InChI is InChI=1S/C22H19N3OS/c1-14-7-8-16-11-18(12-23)22(24-19(16)9-14)27-13-21(26)25-15(2)10-17-5-3-4-6-20(17)25/h3-9,11,15H,10,13H2,1-2H3/t15-/m1/s1. The number of fused-ring (bicyclic) bond motifs is 2. The fourth-order valence-corrected chi connectivity index (χ4v) is 4.42. The van der Waals surface area contributed by atoms with E-state index in [-0.39, 0.29) is 17.7 Å². The lowest BCUT2D eigenvalue weighted by Gasteiger charge is -2.22. The minimum atomic E-state index is 0.0486. The van der Waals surface area contributed by atoms with Gasteiger partial charge in [-0.05, 0) is 49.6 Å². The molecule has 3 aromatic rings. The number of hydrogen-bond acceptors (Lipinski definition) is 4. The lowest BCUT2D eigenvalue weighted by atomic mass is 10.1. The van der Waals surface area contributed by atoms with Crippen LogP contribution in [0.15, 0.2) is 53.6 Å². The van der Waals surface area contributed by atoms with Crippen LogP contribution in [0.4, 0.5) is 5.69 Å². The zero-order valence-corrected chi connectivity index (χ0v) is 16.1. The number of benzene rings is 2. The van der Waals surface area contributed by atoms with Gasteiger partial charge in [0.1, 0.15) is 11.1 Å². The third-order valence-corrected chi connectivity index (χ3v) is 5.84. The number of aromatic nitrogens is 1. The molecule has 1 aliphatic heterocycles. The molecule has 2 heterocycles. The second-order valence-electron chi connectivity index (χ2n) is 6.88. The van der Waals surface area contributed by atoms with E-state index in [1.54, 1.807) is 0 Å². The Bertz CT molecular complexity index is 1090. The summed E-state index contributed by atoms with van der Waals surface area (Å²) in [4.78, 5) is 19.4. The molecule has 0 spiro atoms. The van der Waals surface area contributed by atoms with Gasteiger partial charge in [0, 0.05) is 17.1 Å². The molecule has 0 N–H and O–H groups in total. The molecule has 0 bridgehead atoms. The number of thioether (sulfide) groups is 1. The summed E-state index contributed by atoms with van der Waals surface area (Å²) in [6.07, 6.45) is 0.878. The zero-order chi connectivity index (χ0) is 19.0. The predicted molar refractivity (Wildman–Crippen MR) is 109 cm³/mol. The molecule has 0 saturated carbocycles. The number of para-hydroxylation sites is 1. The van der Waals surface area contributed by atoms with Gasteiger partial charge in [0.25, 0.3) is 0 Å². The molecule has 0 aliphatic carbocycles. The Morgan fingerprint density at radius 2 is 2.11 bits per heavy atom. The molecule has 1 aromatic heterocycles. The summed E-state index contributed by atoms with van der Waals surface area (Å²) >= 11 is 1.34. The Morgan fingerprint density at radius 1 is 1.30 bits per heavy atom. The summed E-state index contributed by atoms with van der Waals surface area (Å²) in [6, 6.07) is 18.2. The van der Waals surface area contributed by atoms with Crippen LogP contribution >= 0.6 is 11.8 Å². The summed E-state index contributed by atoms with van der Waals surface area (Å²) < 4.78 is 0. The summed E-state index contributed by atoms with van der Waals surface area (Å²) in [5.74, 6) is 0.310. The Morgan fingerprint density at radius 3 is 2.93 bits per heavy atom. The highest BCUT2D eigenvalue weighted by Gasteiger charge is 2.30. The van der Waals surface area contributed by atoms with E-state index in [1.165, 1.54) is 17.3 Å². The maximum Gasteiger partial charge on any atom is 0.237 e. The van der Waals surface area contributed by atoms with Gasteiger partial charge in [-0.3, -0.25) is 4.79 Å². The predicted octanol–water partition coefficient (Wildman–Crippen LogP) is 4.48. The van der Waals surface area contributed by atoms with Gasteiger partial charge in [-0.15, -0.1) is 0 Å². The third kappa shape index (κ3) is 3.29. The summed E-state index contributed by atoms with van der Waals surface area (Å²) in [5.41, 5.74) is 4.69. The number of carbonyl (C=O) groups excluding carboxylic acids is 1. The molecule has 27 heavy (non-hydrogen) atoms. The number of aryl methyl sites for hydroxylation is 1. The molecule has 5 heteroatoms. The van der Waals surface area contributed by atoms with Crippen molar-refractivity contribution < 1.29 is 4.79 Å². The first kappa shape index (κ1) is 17.6. The van der Waals surface area contributed by atoms with Crippen LogP contribution in [0, 0.1) is 18.3 Å². The molecule has 134 valence electrons. The number of nitrogens with zero attached hydrogens (tertiary/aromatic N) is 3. The fourth-order valence-electron chi connectivity index (χ4n) is 3.59. The van der Waals surface area contributed by atoms with Crippen LogP contribution in [0.1, 0.15) is 23.6 Å². The van der Waals surface area contributed by atoms with Crippen LogP contribution in [-0.2, 0) is 11.2 Å². The first-order valence-corrected chi connectivity index (χ1v) is 9.89. The van der Waals surface area contributed by atoms with Crippen LogP contribution in [-0.4, -0.2) is 22.7 Å². The SMILES string of the molecule is Cc1ccc2cc(C#N)c(SCC(=O)N3c4ccccc4C[C@H]3C)nc2c1. The third-order valence-electron chi connectivity index (χ3n) is 4.87. The molecular formula is C22H19N3OS. The van der Waals surface area contributed by atoms with Crippen molar-refractivity contribution in [1.82, 2.24) is 4.98 Å². The Labute approximate surface area is 162 Å².